The lowest BCUT2D eigenvalue weighted by molar-refractivity contribution is -0.385. The second kappa shape index (κ2) is 28.7. The minimum Gasteiger partial charge on any atom is -0.455 e. The maximum absolute atomic E-state index is 12.9. The van der Waals surface area contributed by atoms with Crippen molar-refractivity contribution >= 4 is 113 Å². The maximum atomic E-state index is 12.9. The van der Waals surface area contributed by atoms with Crippen LogP contribution in [0.2, 0.25) is 0 Å². The molecule has 20 nitrogen and oxygen atoms in total. The highest BCUT2D eigenvalue weighted by Gasteiger charge is 2.47. The Bertz CT molecular complexity index is 2970. The number of rotatable bonds is 16. The Morgan fingerprint density at radius 2 is 0.662 bits per heavy atom. The molecule has 0 N–H and O–H groups in total. The van der Waals surface area contributed by atoms with E-state index in [2.05, 4.69) is 31.9 Å². The average molecular weight is 1290 g/mol. The van der Waals surface area contributed by atoms with E-state index in [0.29, 0.717) is 25.7 Å². The van der Waals surface area contributed by atoms with Gasteiger partial charge in [0.05, 0.1) is 41.9 Å². The van der Waals surface area contributed by atoms with Crippen molar-refractivity contribution in [2.75, 3.05) is 0 Å². The van der Waals surface area contributed by atoms with Crippen LogP contribution in [0.15, 0.2) is 155 Å². The van der Waals surface area contributed by atoms with Crippen molar-refractivity contribution in [3.8, 4) is 0 Å². The van der Waals surface area contributed by atoms with Gasteiger partial charge in [0.2, 0.25) is 0 Å². The van der Waals surface area contributed by atoms with Gasteiger partial charge in [0.15, 0.2) is 4.30 Å². The van der Waals surface area contributed by atoms with Crippen LogP contribution in [0, 0.1) is 64.1 Å². The quantitative estimate of drug-likeness (QED) is 0.0286. The van der Waals surface area contributed by atoms with E-state index in [9.17, 15) is 59.6 Å². The fourth-order valence-electron chi connectivity index (χ4n) is 9.16. The molecule has 2 fully saturated rings. The lowest BCUT2D eigenvalue weighted by Crippen LogP contribution is -2.34. The summed E-state index contributed by atoms with van der Waals surface area (Å²) in [6, 6.07) is 36.0. The smallest absolute Gasteiger partial charge is 0.338 e. The van der Waals surface area contributed by atoms with Gasteiger partial charge in [0.25, 0.3) is 22.7 Å². The number of hydrogen-bond acceptors (Lipinski definition) is 16. The molecule has 6 aromatic carbocycles. The maximum Gasteiger partial charge on any atom is 0.338 e. The Kier molecular flexibility index (Phi) is 22.2. The number of carbonyl (C=O) groups is 4. The van der Waals surface area contributed by atoms with E-state index in [-0.39, 0.29) is 68.7 Å². The van der Waals surface area contributed by atoms with E-state index in [4.69, 9.17) is 53.8 Å². The Morgan fingerprint density at radius 1 is 0.438 bits per heavy atom. The van der Waals surface area contributed by atoms with Crippen molar-refractivity contribution in [1.29, 1.82) is 0 Å². The molecule has 0 radical (unpaired) electrons. The Labute approximate surface area is 488 Å². The summed E-state index contributed by atoms with van der Waals surface area (Å²) in [7, 11) is 0. The molecule has 0 saturated heterocycles. The lowest BCUT2D eigenvalue weighted by atomic mass is 9.90. The summed E-state index contributed by atoms with van der Waals surface area (Å²) in [5.74, 6) is -3.02. The van der Waals surface area contributed by atoms with E-state index >= 15 is 0 Å². The first-order valence-corrected chi connectivity index (χ1v) is 27.1. The average Bonchev–Trinajstić information content (AvgIpc) is 3.89. The summed E-state index contributed by atoms with van der Waals surface area (Å²) >= 11 is 21.3. The molecule has 0 aliphatic heterocycles. The molecule has 0 bridgehead atoms. The van der Waals surface area contributed by atoms with Gasteiger partial charge in [-0.1, -0.05) is 105 Å². The summed E-state index contributed by atoms with van der Waals surface area (Å²) in [5.41, 5.74) is 2.10. The zero-order valence-electron chi connectivity index (χ0n) is 42.1. The van der Waals surface area contributed by atoms with E-state index in [1.165, 1.54) is 97.1 Å². The number of esters is 4. The first-order valence-electron chi connectivity index (χ1n) is 24.2. The molecular weight excluding hydrogens is 1240 g/mol. The van der Waals surface area contributed by atoms with E-state index in [1.807, 2.05) is 62.4 Å². The number of alkyl halides is 3. The van der Waals surface area contributed by atoms with Gasteiger partial charge < -0.3 is 18.9 Å². The van der Waals surface area contributed by atoms with Crippen molar-refractivity contribution in [2.45, 2.75) is 68.2 Å². The molecule has 8 atom stereocenters. The number of carbonyl (C=O) groups excluding carboxylic acids is 4. The van der Waals surface area contributed by atoms with Crippen LogP contribution in [-0.2, 0) is 31.8 Å². The highest BCUT2D eigenvalue weighted by atomic mass is 79.9. The molecule has 25 heteroatoms. The Hall–Kier alpha value is -7.37. The highest BCUT2D eigenvalue weighted by Crippen LogP contribution is 2.41. The van der Waals surface area contributed by atoms with Gasteiger partial charge in [-0.25, -0.2) is 19.2 Å². The number of halogens is 5. The summed E-state index contributed by atoms with van der Waals surface area (Å²) in [6.45, 7) is 3.86. The monoisotopic (exact) mass is 1280 g/mol. The van der Waals surface area contributed by atoms with Crippen LogP contribution < -0.4 is 0 Å². The Morgan fingerprint density at radius 3 is 0.887 bits per heavy atom. The lowest BCUT2D eigenvalue weighted by Gasteiger charge is -2.24. The van der Waals surface area contributed by atoms with Gasteiger partial charge in [0.1, 0.15) is 24.4 Å². The zero-order valence-corrected chi connectivity index (χ0v) is 47.5. The molecular formula is C55H47Br2Cl3N4O16. The van der Waals surface area contributed by atoms with Crippen molar-refractivity contribution < 1.29 is 57.8 Å². The third-order valence-corrected chi connectivity index (χ3v) is 14.5. The fraction of sp³-hybridized carbons (Fsp3) is 0.273. The zero-order chi connectivity index (χ0) is 58.4. The SMILES string of the molecule is C[C@@H]1[C@@H](Cc2ccc(Br)cc2)C[C@@H](OC(=O)c2ccc([N+](=O)[O-])cc2)[C@@H]1OC(=O)c1ccc([N+](=O)[O-])cc1.C[C@@H]1[C@@H](Cc2ccc(Br)cc2)C[C@@H](OC(=O)c2ccc([N+](=O)[O-])cc2)[C@@H]1OC(=O)c1ccc([N+](=O)[O-])cc1.ClC(Cl)Cl. The number of ether oxygens (including phenoxy) is 4. The van der Waals surface area contributed by atoms with Gasteiger partial charge in [-0.15, -0.1) is 0 Å². The normalized spacial score (nSPS) is 19.9. The van der Waals surface area contributed by atoms with Crippen molar-refractivity contribution in [1.82, 2.24) is 0 Å². The van der Waals surface area contributed by atoms with E-state index in [0.717, 1.165) is 20.1 Å². The summed E-state index contributed by atoms with van der Waals surface area (Å²) in [4.78, 5) is 93.1. The van der Waals surface area contributed by atoms with Crippen LogP contribution in [0.4, 0.5) is 22.7 Å². The van der Waals surface area contributed by atoms with Gasteiger partial charge in [-0.3, -0.25) is 40.5 Å². The van der Waals surface area contributed by atoms with Gasteiger partial charge >= 0.3 is 23.9 Å². The van der Waals surface area contributed by atoms with E-state index in [1.54, 1.807) is 0 Å². The van der Waals surface area contributed by atoms with E-state index < -0.39 is 72.3 Å². The first-order chi connectivity index (χ1) is 38.0. The summed E-state index contributed by atoms with van der Waals surface area (Å²) in [6.07, 6.45) is -0.815. The molecule has 8 rings (SSSR count). The van der Waals surface area contributed by atoms with Crippen LogP contribution in [0.25, 0.3) is 0 Å². The predicted molar refractivity (Wildman–Crippen MR) is 301 cm³/mol. The predicted octanol–water partition coefficient (Wildman–Crippen LogP) is 13.8. The fourth-order valence-corrected chi connectivity index (χ4v) is 9.69. The third kappa shape index (κ3) is 17.3. The molecule has 6 aromatic rings. The molecule has 80 heavy (non-hydrogen) atoms. The molecule has 418 valence electrons. The third-order valence-electron chi connectivity index (χ3n) is 13.4. The van der Waals surface area contributed by atoms with Crippen molar-refractivity contribution in [2.24, 2.45) is 23.7 Å². The number of nitro benzene ring substituents is 4. The standard InChI is InChI=1S/2C27H23BrN2O8.CHCl3/c2*1-16-20(14-17-2-8-21(28)9-3-17)15-24(37-26(31)18-4-10-22(11-5-18)29(33)34)25(16)38-27(32)19-6-12-23(13-7-19)30(35)36;2-1(3)4/h2*2-13,16,20,24-25H,14-15H2,1H3;1H/t2*16-,20+,24-,25-;/m11./s1. The molecule has 0 unspecified atom stereocenters. The topological polar surface area (TPSA) is 278 Å². The number of nitrogens with zero attached hydrogens (tertiary/aromatic N) is 4. The number of nitro groups is 4. The molecule has 0 spiro atoms. The highest BCUT2D eigenvalue weighted by molar-refractivity contribution is 9.10. The van der Waals surface area contributed by atoms with Crippen LogP contribution in [0.5, 0.6) is 0 Å². The molecule has 2 aliphatic carbocycles. The number of benzene rings is 6. The van der Waals surface area contributed by atoms with Gasteiger partial charge in [0, 0.05) is 69.3 Å². The minimum absolute atomic E-state index is 0.0282. The second-order valence-electron chi connectivity index (χ2n) is 18.5. The minimum atomic E-state index is -0.764. The summed E-state index contributed by atoms with van der Waals surface area (Å²) in [5, 5.41) is 43.7. The van der Waals surface area contributed by atoms with Gasteiger partial charge in [-0.2, -0.15) is 0 Å². The van der Waals surface area contributed by atoms with Crippen LogP contribution >= 0.6 is 66.7 Å². The van der Waals surface area contributed by atoms with Crippen molar-refractivity contribution in [3.63, 3.8) is 0 Å². The molecule has 2 saturated carbocycles. The number of non-ortho nitro benzene ring substituents is 4. The first kappa shape index (κ1) is 61.8. The largest absolute Gasteiger partial charge is 0.455 e. The molecule has 2 aliphatic rings. The second-order valence-corrected chi connectivity index (χ2v) is 22.3. The van der Waals surface area contributed by atoms with Crippen molar-refractivity contribution in [3.05, 3.63) is 228 Å². The van der Waals surface area contributed by atoms with Crippen LogP contribution in [-0.4, -0.2) is 72.3 Å². The summed E-state index contributed by atoms with van der Waals surface area (Å²) < 4.78 is 24.3. The molecule has 0 aromatic heterocycles. The number of hydrogen-bond donors (Lipinski definition) is 0. The van der Waals surface area contributed by atoms with Crippen LogP contribution in [0.3, 0.4) is 0 Å². The van der Waals surface area contributed by atoms with Crippen LogP contribution in [0.1, 0.15) is 79.2 Å². The molecule has 0 amide bonds. The van der Waals surface area contributed by atoms with Gasteiger partial charge in [-0.05, 0) is 121 Å². The molecule has 0 heterocycles. The Balaban J connectivity index is 0.000000242.